The minimum atomic E-state index is -0.337. The summed E-state index contributed by atoms with van der Waals surface area (Å²) in [6, 6.07) is 1.49. The Labute approximate surface area is 124 Å². The van der Waals surface area contributed by atoms with Crippen molar-refractivity contribution in [1.82, 2.24) is 9.55 Å². The average Bonchev–Trinajstić information content (AvgIpc) is 2.45. The van der Waals surface area contributed by atoms with E-state index in [9.17, 15) is 9.59 Å². The molecule has 0 saturated heterocycles. The Kier molecular flexibility index (Phi) is 4.98. The fourth-order valence-corrected chi connectivity index (χ4v) is 2.65. The van der Waals surface area contributed by atoms with Crippen molar-refractivity contribution >= 4 is 12.0 Å². The highest BCUT2D eigenvalue weighted by Gasteiger charge is 2.19. The number of nitrogens with zero attached hydrogens (tertiary/aromatic N) is 3. The van der Waals surface area contributed by atoms with E-state index in [2.05, 4.69) is 10.1 Å². The summed E-state index contributed by atoms with van der Waals surface area (Å²) in [5.74, 6) is 0.732. The van der Waals surface area contributed by atoms with Gasteiger partial charge in [-0.1, -0.05) is 33.1 Å². The Bertz CT molecular complexity index is 578. The molecule has 6 nitrogen and oxygen atoms in total. The zero-order chi connectivity index (χ0) is 15.4. The normalized spacial score (nSPS) is 16.8. The maximum absolute atomic E-state index is 12.3. The quantitative estimate of drug-likeness (QED) is 0.682. The highest BCUT2D eigenvalue weighted by atomic mass is 16.2. The molecular weight excluding hydrogens is 268 g/mol. The van der Waals surface area contributed by atoms with Crippen LogP contribution in [0.3, 0.4) is 0 Å². The second-order valence-corrected chi connectivity index (χ2v) is 5.99. The van der Waals surface area contributed by atoms with Gasteiger partial charge in [-0.25, -0.2) is 4.79 Å². The van der Waals surface area contributed by atoms with Crippen molar-refractivity contribution in [3.63, 3.8) is 0 Å². The van der Waals surface area contributed by atoms with E-state index in [1.54, 1.807) is 13.3 Å². The molecule has 0 spiro atoms. The SMILES string of the molecule is CC(C)/C=N/N(C)c1cc(=O)n(C2CCCCC2)c(=O)[nH]1. The molecule has 0 bridgehead atoms. The molecule has 0 amide bonds. The summed E-state index contributed by atoms with van der Waals surface area (Å²) < 4.78 is 1.36. The van der Waals surface area contributed by atoms with Gasteiger partial charge in [0.05, 0.1) is 0 Å². The Balaban J connectivity index is 2.28. The monoisotopic (exact) mass is 292 g/mol. The maximum Gasteiger partial charge on any atom is 0.330 e. The van der Waals surface area contributed by atoms with Crippen LogP contribution in [0.15, 0.2) is 20.8 Å². The van der Waals surface area contributed by atoms with Crippen LogP contribution in [0.5, 0.6) is 0 Å². The van der Waals surface area contributed by atoms with Crippen molar-refractivity contribution in [2.45, 2.75) is 52.0 Å². The van der Waals surface area contributed by atoms with Crippen LogP contribution >= 0.6 is 0 Å². The molecule has 1 saturated carbocycles. The molecule has 1 aromatic rings. The van der Waals surface area contributed by atoms with Gasteiger partial charge in [0.2, 0.25) is 0 Å². The van der Waals surface area contributed by atoms with Crippen molar-refractivity contribution in [2.24, 2.45) is 11.0 Å². The molecule has 1 fully saturated rings. The first-order chi connectivity index (χ1) is 9.99. The molecule has 0 radical (unpaired) electrons. The minimum Gasteiger partial charge on any atom is -0.292 e. The standard InChI is InChI=1S/C15H24N4O2/c1-11(2)10-16-18(3)13-9-14(20)19(15(21)17-13)12-7-5-4-6-8-12/h9-12H,4-8H2,1-3H3,(H,17,21)/b16-10+. The van der Waals surface area contributed by atoms with Crippen LogP contribution in [0.1, 0.15) is 52.0 Å². The summed E-state index contributed by atoms with van der Waals surface area (Å²) in [7, 11) is 1.72. The number of hydrazone groups is 1. The molecule has 2 rings (SSSR count). The van der Waals surface area contributed by atoms with E-state index in [4.69, 9.17) is 0 Å². The smallest absolute Gasteiger partial charge is 0.292 e. The third-order valence-corrected chi connectivity index (χ3v) is 3.78. The lowest BCUT2D eigenvalue weighted by atomic mass is 9.95. The third kappa shape index (κ3) is 3.83. The lowest BCUT2D eigenvalue weighted by Gasteiger charge is -2.23. The van der Waals surface area contributed by atoms with E-state index in [1.165, 1.54) is 22.1 Å². The van der Waals surface area contributed by atoms with Gasteiger partial charge >= 0.3 is 5.69 Å². The Morgan fingerprint density at radius 3 is 2.57 bits per heavy atom. The van der Waals surface area contributed by atoms with Crippen molar-refractivity contribution in [3.8, 4) is 0 Å². The van der Waals surface area contributed by atoms with Gasteiger partial charge in [0.25, 0.3) is 5.56 Å². The molecule has 0 atom stereocenters. The Morgan fingerprint density at radius 2 is 2.00 bits per heavy atom. The molecule has 1 aliphatic carbocycles. The second-order valence-electron chi connectivity index (χ2n) is 5.99. The molecule has 1 aromatic heterocycles. The molecular formula is C15H24N4O2. The largest absolute Gasteiger partial charge is 0.330 e. The number of hydrogen-bond donors (Lipinski definition) is 1. The van der Waals surface area contributed by atoms with Crippen LogP contribution in [-0.2, 0) is 0 Å². The summed E-state index contributed by atoms with van der Waals surface area (Å²) in [5.41, 5.74) is -0.580. The van der Waals surface area contributed by atoms with Crippen molar-refractivity contribution < 1.29 is 0 Å². The van der Waals surface area contributed by atoms with E-state index in [-0.39, 0.29) is 17.3 Å². The number of rotatable bonds is 4. The molecule has 116 valence electrons. The van der Waals surface area contributed by atoms with E-state index >= 15 is 0 Å². The number of H-pyrrole nitrogens is 1. The first-order valence-electron chi connectivity index (χ1n) is 7.62. The summed E-state index contributed by atoms with van der Waals surface area (Å²) in [6.07, 6.45) is 6.93. The average molecular weight is 292 g/mol. The fourth-order valence-electron chi connectivity index (χ4n) is 2.65. The van der Waals surface area contributed by atoms with Crippen molar-refractivity contribution in [1.29, 1.82) is 0 Å². The van der Waals surface area contributed by atoms with Crippen LogP contribution in [0.2, 0.25) is 0 Å². The number of aromatic amines is 1. The minimum absolute atomic E-state index is 0.0357. The summed E-state index contributed by atoms with van der Waals surface area (Å²) in [4.78, 5) is 27.3. The fraction of sp³-hybridized carbons (Fsp3) is 0.667. The molecule has 6 heteroatoms. The number of hydrogen-bond acceptors (Lipinski definition) is 4. The lowest BCUT2D eigenvalue weighted by molar-refractivity contribution is 0.336. The molecule has 21 heavy (non-hydrogen) atoms. The molecule has 0 aliphatic heterocycles. The van der Waals surface area contributed by atoms with E-state index in [0.717, 1.165) is 25.7 Å². The predicted molar refractivity (Wildman–Crippen MR) is 85.2 cm³/mol. The predicted octanol–water partition coefficient (Wildman–Crippen LogP) is 2.12. The van der Waals surface area contributed by atoms with Gasteiger partial charge in [-0.2, -0.15) is 5.10 Å². The molecule has 1 aliphatic rings. The van der Waals surface area contributed by atoms with E-state index in [1.807, 2.05) is 13.8 Å². The van der Waals surface area contributed by atoms with E-state index < -0.39 is 0 Å². The Morgan fingerprint density at radius 1 is 1.33 bits per heavy atom. The van der Waals surface area contributed by atoms with Gasteiger partial charge in [0, 0.05) is 25.4 Å². The molecule has 0 unspecified atom stereocenters. The molecule has 1 N–H and O–H groups in total. The van der Waals surface area contributed by atoms with Crippen LogP contribution in [0.4, 0.5) is 5.82 Å². The zero-order valence-corrected chi connectivity index (χ0v) is 13.0. The highest BCUT2D eigenvalue weighted by Crippen LogP contribution is 2.25. The first-order valence-corrected chi connectivity index (χ1v) is 7.62. The van der Waals surface area contributed by atoms with Crippen LogP contribution < -0.4 is 16.3 Å². The number of nitrogens with one attached hydrogen (secondary N) is 1. The van der Waals surface area contributed by atoms with Gasteiger partial charge in [-0.05, 0) is 18.8 Å². The third-order valence-electron chi connectivity index (χ3n) is 3.78. The molecule has 1 heterocycles. The summed E-state index contributed by atoms with van der Waals surface area (Å²) >= 11 is 0. The van der Waals surface area contributed by atoms with E-state index in [0.29, 0.717) is 11.7 Å². The van der Waals surface area contributed by atoms with Gasteiger partial charge in [0.15, 0.2) is 0 Å². The first kappa shape index (κ1) is 15.5. The van der Waals surface area contributed by atoms with Crippen LogP contribution in [-0.4, -0.2) is 22.8 Å². The Hall–Kier alpha value is -1.85. The van der Waals surface area contributed by atoms with Gasteiger partial charge in [0.1, 0.15) is 5.82 Å². The van der Waals surface area contributed by atoms with Gasteiger partial charge in [-0.3, -0.25) is 19.4 Å². The summed E-state index contributed by atoms with van der Waals surface area (Å²) in [6.45, 7) is 4.03. The topological polar surface area (TPSA) is 70.5 Å². The van der Waals surface area contributed by atoms with Crippen molar-refractivity contribution in [3.05, 3.63) is 26.9 Å². The summed E-state index contributed by atoms with van der Waals surface area (Å²) in [5, 5.41) is 5.73. The van der Waals surface area contributed by atoms with Crippen LogP contribution in [0.25, 0.3) is 0 Å². The number of anilines is 1. The second kappa shape index (κ2) is 6.74. The van der Waals surface area contributed by atoms with Gasteiger partial charge < -0.3 is 0 Å². The zero-order valence-electron chi connectivity index (χ0n) is 13.0. The van der Waals surface area contributed by atoms with Crippen molar-refractivity contribution in [2.75, 3.05) is 12.1 Å². The number of aromatic nitrogens is 2. The van der Waals surface area contributed by atoms with Gasteiger partial charge in [-0.15, -0.1) is 0 Å². The maximum atomic E-state index is 12.3. The van der Waals surface area contributed by atoms with Crippen LogP contribution in [0, 0.1) is 5.92 Å². The molecule has 0 aromatic carbocycles. The highest BCUT2D eigenvalue weighted by molar-refractivity contribution is 5.61. The lowest BCUT2D eigenvalue weighted by Crippen LogP contribution is -2.39.